The van der Waals surface area contributed by atoms with E-state index in [1.54, 1.807) is 6.07 Å². The summed E-state index contributed by atoms with van der Waals surface area (Å²) in [5.74, 6) is -3.32. The number of halogens is 1. The predicted molar refractivity (Wildman–Crippen MR) is 115 cm³/mol. The third kappa shape index (κ3) is 4.50. The highest BCUT2D eigenvalue weighted by Crippen LogP contribution is 2.34. The van der Waals surface area contributed by atoms with Gasteiger partial charge in [0.25, 0.3) is 5.91 Å². The number of hydrogen-bond acceptors (Lipinski definition) is 6. The number of carbonyl (C=O) groups excluding carboxylic acids is 2. The lowest BCUT2D eigenvalue weighted by Gasteiger charge is -2.22. The molecule has 3 rings (SSSR count). The van der Waals surface area contributed by atoms with E-state index >= 15 is 0 Å². The smallest absolute Gasteiger partial charge is 0.339 e. The number of aromatic hydroxyl groups is 1. The third-order valence-corrected chi connectivity index (χ3v) is 5.56. The van der Waals surface area contributed by atoms with Gasteiger partial charge in [-0.25, -0.2) is 9.18 Å². The van der Waals surface area contributed by atoms with E-state index in [2.05, 4.69) is 5.32 Å². The fraction of sp³-hybridized carbons (Fsp3) is 0.100. The van der Waals surface area contributed by atoms with Gasteiger partial charge in [0.1, 0.15) is 27.5 Å². The Morgan fingerprint density at radius 1 is 1.27 bits per heavy atom. The number of carboxylic acids is 1. The van der Waals surface area contributed by atoms with E-state index in [0.29, 0.717) is 5.56 Å². The topological polar surface area (TPSA) is 107 Å². The minimum atomic E-state index is -1.30. The lowest BCUT2D eigenvalue weighted by Crippen LogP contribution is -2.44. The van der Waals surface area contributed by atoms with E-state index in [1.165, 1.54) is 37.3 Å². The van der Waals surface area contributed by atoms with Crippen LogP contribution in [0.2, 0.25) is 0 Å². The van der Waals surface area contributed by atoms with Crippen LogP contribution in [0.5, 0.6) is 5.75 Å². The predicted octanol–water partition coefficient (Wildman–Crippen LogP) is 3.46. The molecule has 1 saturated heterocycles. The minimum Gasteiger partial charge on any atom is -0.507 e. The monoisotopic (exact) mass is 446 g/mol. The number of rotatable bonds is 5. The van der Waals surface area contributed by atoms with Crippen molar-refractivity contribution in [3.63, 3.8) is 0 Å². The number of anilines is 1. The van der Waals surface area contributed by atoms with Crippen LogP contribution in [0.3, 0.4) is 0 Å². The molecule has 0 spiro atoms. The van der Waals surface area contributed by atoms with Crippen molar-refractivity contribution < 1.29 is 29.0 Å². The molecule has 1 heterocycles. The number of carbonyl (C=O) groups is 3. The van der Waals surface area contributed by atoms with Crippen LogP contribution in [0.25, 0.3) is 6.08 Å². The average molecular weight is 446 g/mol. The third-order valence-electron chi connectivity index (χ3n) is 4.23. The quantitative estimate of drug-likeness (QED) is 0.477. The van der Waals surface area contributed by atoms with Crippen molar-refractivity contribution in [1.82, 2.24) is 4.90 Å². The summed E-state index contributed by atoms with van der Waals surface area (Å²) in [6.07, 6.45) is 1.50. The first kappa shape index (κ1) is 21.5. The number of nitrogens with zero attached hydrogens (tertiary/aromatic N) is 1. The van der Waals surface area contributed by atoms with Gasteiger partial charge in [0.2, 0.25) is 5.91 Å². The first-order valence-corrected chi connectivity index (χ1v) is 9.79. The molecule has 0 radical (unpaired) electrons. The van der Waals surface area contributed by atoms with E-state index in [-0.39, 0.29) is 20.5 Å². The Hall–Kier alpha value is -3.24. The van der Waals surface area contributed by atoms with Crippen molar-refractivity contribution in [3.05, 3.63) is 64.3 Å². The number of benzene rings is 2. The second kappa shape index (κ2) is 8.64. The summed E-state index contributed by atoms with van der Waals surface area (Å²) < 4.78 is 13.5. The Morgan fingerprint density at radius 2 is 2.00 bits per heavy atom. The number of nitrogens with one attached hydrogen (secondary N) is 1. The summed E-state index contributed by atoms with van der Waals surface area (Å²) in [7, 11) is 0. The normalized spacial score (nSPS) is 16.1. The number of amides is 2. The van der Waals surface area contributed by atoms with E-state index in [0.717, 1.165) is 28.8 Å². The summed E-state index contributed by atoms with van der Waals surface area (Å²) in [5, 5.41) is 21.2. The first-order valence-electron chi connectivity index (χ1n) is 8.57. The molecule has 2 amide bonds. The molecule has 0 unspecified atom stereocenters. The van der Waals surface area contributed by atoms with E-state index in [1.807, 2.05) is 0 Å². The molecule has 30 heavy (non-hydrogen) atoms. The first-order chi connectivity index (χ1) is 14.2. The lowest BCUT2D eigenvalue weighted by atomic mass is 10.1. The Bertz CT molecular complexity index is 1100. The zero-order valence-electron chi connectivity index (χ0n) is 15.5. The Morgan fingerprint density at radius 3 is 2.63 bits per heavy atom. The van der Waals surface area contributed by atoms with Crippen molar-refractivity contribution in [2.45, 2.75) is 13.0 Å². The molecule has 2 aromatic carbocycles. The average Bonchev–Trinajstić information content (AvgIpc) is 2.94. The minimum absolute atomic E-state index is 0.162. The maximum Gasteiger partial charge on any atom is 0.339 e. The highest BCUT2D eigenvalue weighted by atomic mass is 32.2. The molecule has 7 nitrogen and oxygen atoms in total. The number of thioether (sulfide) groups is 1. The molecule has 1 aliphatic heterocycles. The zero-order valence-corrected chi connectivity index (χ0v) is 17.1. The van der Waals surface area contributed by atoms with Gasteiger partial charge in [0.05, 0.1) is 4.91 Å². The largest absolute Gasteiger partial charge is 0.507 e. The van der Waals surface area contributed by atoms with Crippen LogP contribution in [0.4, 0.5) is 10.1 Å². The van der Waals surface area contributed by atoms with Gasteiger partial charge in [0.15, 0.2) is 0 Å². The molecule has 0 aliphatic carbocycles. The van der Waals surface area contributed by atoms with Crippen LogP contribution in [-0.4, -0.2) is 43.3 Å². The van der Waals surface area contributed by atoms with Crippen molar-refractivity contribution in [1.29, 1.82) is 0 Å². The van der Waals surface area contributed by atoms with E-state index in [9.17, 15) is 23.9 Å². The van der Waals surface area contributed by atoms with Crippen LogP contribution < -0.4 is 5.32 Å². The van der Waals surface area contributed by atoms with Gasteiger partial charge in [-0.15, -0.1) is 0 Å². The maximum absolute atomic E-state index is 13.4. The summed E-state index contributed by atoms with van der Waals surface area (Å²) >= 11 is 6.23. The van der Waals surface area contributed by atoms with Crippen LogP contribution >= 0.6 is 24.0 Å². The summed E-state index contributed by atoms with van der Waals surface area (Å²) in [4.78, 5) is 37.7. The van der Waals surface area contributed by atoms with Gasteiger partial charge in [-0.1, -0.05) is 36.1 Å². The fourth-order valence-corrected chi connectivity index (χ4v) is 4.13. The number of hydrogen-bond donors (Lipinski definition) is 3. The van der Waals surface area contributed by atoms with E-state index < -0.39 is 35.4 Å². The molecular weight excluding hydrogens is 431 g/mol. The number of thiocarbonyl (C=S) groups is 1. The number of aromatic carboxylic acids is 1. The van der Waals surface area contributed by atoms with Gasteiger partial charge in [0, 0.05) is 11.8 Å². The number of carboxylic acid groups (broad SMARTS) is 1. The summed E-state index contributed by atoms with van der Waals surface area (Å²) in [6, 6.07) is 8.31. The molecule has 1 aliphatic rings. The standard InChI is InChI=1S/C20H15FN2O5S2/c1-10(17(25)22-13-5-6-14(19(27)28)15(24)9-13)23-18(26)16(30-20(23)29)8-11-3-2-4-12(21)7-11/h2-10,24H,1H3,(H,22,25)(H,27,28)/b16-8-/t10-/m1/s1. The highest BCUT2D eigenvalue weighted by molar-refractivity contribution is 8.26. The summed E-state index contributed by atoms with van der Waals surface area (Å²) in [5.41, 5.74) is 0.345. The molecule has 10 heteroatoms. The van der Waals surface area contributed by atoms with Gasteiger partial charge in [-0.2, -0.15) is 0 Å². The van der Waals surface area contributed by atoms with Crippen molar-refractivity contribution in [3.8, 4) is 5.75 Å². The molecule has 3 N–H and O–H groups in total. The SMILES string of the molecule is C[C@H](C(=O)Nc1ccc(C(=O)O)c(O)c1)N1C(=O)/C(=C/c2cccc(F)c2)SC1=S. The van der Waals surface area contributed by atoms with E-state index in [4.69, 9.17) is 17.3 Å². The van der Waals surface area contributed by atoms with Crippen molar-refractivity contribution in [2.75, 3.05) is 5.32 Å². The zero-order chi connectivity index (χ0) is 22.0. The molecule has 154 valence electrons. The van der Waals surface area contributed by atoms with Gasteiger partial charge < -0.3 is 15.5 Å². The Kier molecular flexibility index (Phi) is 6.18. The van der Waals surface area contributed by atoms with Crippen molar-refractivity contribution >= 4 is 57.8 Å². The van der Waals surface area contributed by atoms with Crippen molar-refractivity contribution in [2.24, 2.45) is 0 Å². The van der Waals surface area contributed by atoms with Gasteiger partial charge in [-0.05, 0) is 42.8 Å². The highest BCUT2D eigenvalue weighted by Gasteiger charge is 2.38. The molecule has 2 aromatic rings. The molecule has 1 atom stereocenters. The van der Waals surface area contributed by atoms with Crippen LogP contribution in [0.15, 0.2) is 47.4 Å². The van der Waals surface area contributed by atoms with Gasteiger partial charge in [-0.3, -0.25) is 14.5 Å². The summed E-state index contributed by atoms with van der Waals surface area (Å²) in [6.45, 7) is 1.48. The molecule has 1 fully saturated rings. The second-order valence-corrected chi connectivity index (χ2v) is 7.98. The van der Waals surface area contributed by atoms with Crippen LogP contribution in [-0.2, 0) is 9.59 Å². The second-order valence-electron chi connectivity index (χ2n) is 6.31. The fourth-order valence-electron chi connectivity index (χ4n) is 2.72. The Labute approximate surface area is 180 Å². The lowest BCUT2D eigenvalue weighted by molar-refractivity contribution is -0.129. The Balaban J connectivity index is 1.76. The molecular formula is C20H15FN2O5S2. The number of phenols is 1. The molecule has 0 aromatic heterocycles. The molecule has 0 saturated carbocycles. The van der Waals surface area contributed by atoms with Crippen LogP contribution in [0.1, 0.15) is 22.8 Å². The van der Waals surface area contributed by atoms with Gasteiger partial charge >= 0.3 is 5.97 Å². The maximum atomic E-state index is 13.4. The molecule has 0 bridgehead atoms. The van der Waals surface area contributed by atoms with Crippen LogP contribution in [0, 0.1) is 5.82 Å².